The van der Waals surface area contributed by atoms with Crippen LogP contribution in [0.5, 0.6) is 5.75 Å². The number of alkyl halides is 2. The Morgan fingerprint density at radius 1 is 1.25 bits per heavy atom. The van der Waals surface area contributed by atoms with Crippen LogP contribution in [-0.2, 0) is 11.8 Å². The van der Waals surface area contributed by atoms with Crippen molar-refractivity contribution < 1.29 is 4.74 Å². The largest absolute Gasteiger partial charge is 0.497 e. The van der Waals surface area contributed by atoms with Crippen LogP contribution >= 0.6 is 23.2 Å². The van der Waals surface area contributed by atoms with Crippen molar-refractivity contribution in [2.45, 2.75) is 11.8 Å². The molecule has 0 saturated carbocycles. The summed E-state index contributed by atoms with van der Waals surface area (Å²) in [5.41, 5.74) is 1.57. The summed E-state index contributed by atoms with van der Waals surface area (Å²) in [6.07, 6.45) is 0. The third-order valence-corrected chi connectivity index (χ3v) is 1.96. The first-order valence-corrected chi connectivity index (χ1v) is 4.52. The van der Waals surface area contributed by atoms with Gasteiger partial charge in [0.05, 0.1) is 30.3 Å². The number of halogens is 2. The van der Waals surface area contributed by atoms with Crippen LogP contribution in [0.1, 0.15) is 11.4 Å². The first-order chi connectivity index (χ1) is 5.80. The van der Waals surface area contributed by atoms with Gasteiger partial charge in [-0.15, -0.1) is 23.2 Å². The Morgan fingerprint density at radius 2 is 1.75 bits per heavy atom. The minimum Gasteiger partial charge on any atom is -0.497 e. The molecule has 0 bridgehead atoms. The highest BCUT2D eigenvalue weighted by Crippen LogP contribution is 2.16. The van der Waals surface area contributed by atoms with Gasteiger partial charge in [-0.2, -0.15) is 0 Å². The molecule has 0 unspecified atom stereocenters. The van der Waals surface area contributed by atoms with Crippen molar-refractivity contribution in [2.75, 3.05) is 7.11 Å². The van der Waals surface area contributed by atoms with Crippen molar-refractivity contribution >= 4 is 23.2 Å². The predicted octanol–water partition coefficient (Wildman–Crippen LogP) is 2.57. The van der Waals surface area contributed by atoms with E-state index < -0.39 is 0 Å². The third kappa shape index (κ3) is 2.26. The second-order valence-corrected chi connectivity index (χ2v) is 2.79. The molecule has 0 saturated heterocycles. The van der Waals surface area contributed by atoms with E-state index in [4.69, 9.17) is 27.9 Å². The van der Waals surface area contributed by atoms with Gasteiger partial charge in [0.15, 0.2) is 0 Å². The summed E-state index contributed by atoms with van der Waals surface area (Å²) < 4.78 is 5.04. The summed E-state index contributed by atoms with van der Waals surface area (Å²) in [4.78, 5) is 4.17. The van der Waals surface area contributed by atoms with Crippen LogP contribution < -0.4 is 4.74 Å². The molecule has 0 fully saturated rings. The van der Waals surface area contributed by atoms with Crippen LogP contribution in [0.3, 0.4) is 0 Å². The Labute approximate surface area is 81.5 Å². The van der Waals surface area contributed by atoms with Gasteiger partial charge in [-0.05, 0) is 0 Å². The second kappa shape index (κ2) is 4.53. The first-order valence-electron chi connectivity index (χ1n) is 3.46. The van der Waals surface area contributed by atoms with Gasteiger partial charge in [-0.1, -0.05) is 0 Å². The van der Waals surface area contributed by atoms with Crippen molar-refractivity contribution in [2.24, 2.45) is 0 Å². The Bertz CT molecular complexity index is 210. The lowest BCUT2D eigenvalue weighted by Gasteiger charge is -2.03. The summed E-state index contributed by atoms with van der Waals surface area (Å²) in [6.45, 7) is 0. The van der Waals surface area contributed by atoms with Gasteiger partial charge in [0.25, 0.3) is 0 Å². The van der Waals surface area contributed by atoms with E-state index in [0.717, 1.165) is 17.1 Å². The molecule has 0 radical (unpaired) electrons. The first kappa shape index (κ1) is 9.62. The Balaban J connectivity index is 3.01. The molecule has 1 aromatic rings. The summed E-state index contributed by atoms with van der Waals surface area (Å²) >= 11 is 11.2. The molecule has 0 atom stereocenters. The molecule has 0 N–H and O–H groups in total. The maximum Gasteiger partial charge on any atom is 0.122 e. The van der Waals surface area contributed by atoms with Gasteiger partial charge in [0.2, 0.25) is 0 Å². The van der Waals surface area contributed by atoms with Crippen LogP contribution in [0.4, 0.5) is 0 Å². The molecule has 1 rings (SSSR count). The van der Waals surface area contributed by atoms with E-state index in [1.807, 2.05) is 0 Å². The van der Waals surface area contributed by atoms with Gasteiger partial charge in [0, 0.05) is 12.1 Å². The minimum atomic E-state index is 0.376. The van der Waals surface area contributed by atoms with E-state index in [1.165, 1.54) is 0 Å². The second-order valence-electron chi connectivity index (χ2n) is 2.26. The predicted molar refractivity (Wildman–Crippen MR) is 49.9 cm³/mol. The number of ether oxygens (including phenoxy) is 1. The van der Waals surface area contributed by atoms with Crippen molar-refractivity contribution in [3.05, 3.63) is 23.5 Å². The molecule has 0 aliphatic carbocycles. The number of hydrogen-bond donors (Lipinski definition) is 0. The van der Waals surface area contributed by atoms with E-state index in [0.29, 0.717) is 11.8 Å². The Kier molecular flexibility index (Phi) is 3.63. The molecular weight excluding hydrogens is 197 g/mol. The van der Waals surface area contributed by atoms with E-state index >= 15 is 0 Å². The van der Waals surface area contributed by atoms with Gasteiger partial charge in [-0.25, -0.2) is 0 Å². The highest BCUT2D eigenvalue weighted by atomic mass is 35.5. The monoisotopic (exact) mass is 205 g/mol. The third-order valence-electron chi connectivity index (χ3n) is 1.41. The van der Waals surface area contributed by atoms with E-state index in [9.17, 15) is 0 Å². The molecule has 2 nitrogen and oxygen atoms in total. The summed E-state index contributed by atoms with van der Waals surface area (Å²) in [5, 5.41) is 0. The van der Waals surface area contributed by atoms with E-state index in [1.54, 1.807) is 19.2 Å². The van der Waals surface area contributed by atoms with Crippen molar-refractivity contribution in [3.63, 3.8) is 0 Å². The molecule has 0 aliphatic heterocycles. The molecule has 12 heavy (non-hydrogen) atoms. The smallest absolute Gasteiger partial charge is 0.122 e. The van der Waals surface area contributed by atoms with Crippen LogP contribution in [0.15, 0.2) is 12.1 Å². The van der Waals surface area contributed by atoms with E-state index in [2.05, 4.69) is 4.98 Å². The molecule has 66 valence electrons. The molecule has 0 amide bonds. The Morgan fingerprint density at radius 3 is 2.08 bits per heavy atom. The summed E-state index contributed by atoms with van der Waals surface area (Å²) in [7, 11) is 1.60. The van der Waals surface area contributed by atoms with Crippen molar-refractivity contribution in [1.82, 2.24) is 4.98 Å². The molecule has 4 heteroatoms. The molecular formula is C8H9Cl2NO. The molecule has 1 heterocycles. The lowest BCUT2D eigenvalue weighted by molar-refractivity contribution is 0.413. The molecule has 0 aromatic carbocycles. The fraction of sp³-hybridized carbons (Fsp3) is 0.375. The molecule has 0 spiro atoms. The quantitative estimate of drug-likeness (QED) is 0.709. The summed E-state index contributed by atoms with van der Waals surface area (Å²) in [6, 6.07) is 3.59. The van der Waals surface area contributed by atoms with Crippen LogP contribution in [0.2, 0.25) is 0 Å². The molecule has 1 aromatic heterocycles. The number of methoxy groups -OCH3 is 1. The zero-order valence-electron chi connectivity index (χ0n) is 6.68. The average molecular weight is 206 g/mol. The standard InChI is InChI=1S/C8H9Cl2NO/c1-12-8-2-6(4-9)11-7(3-8)5-10/h2-3H,4-5H2,1H3. The van der Waals surface area contributed by atoms with Crippen LogP contribution in [-0.4, -0.2) is 12.1 Å². The van der Waals surface area contributed by atoms with Crippen LogP contribution in [0.25, 0.3) is 0 Å². The fourth-order valence-electron chi connectivity index (χ4n) is 0.874. The van der Waals surface area contributed by atoms with Gasteiger partial charge in [-0.3, -0.25) is 4.98 Å². The number of nitrogens with zero attached hydrogens (tertiary/aromatic N) is 1. The number of aromatic nitrogens is 1. The van der Waals surface area contributed by atoms with E-state index in [-0.39, 0.29) is 0 Å². The highest BCUT2D eigenvalue weighted by molar-refractivity contribution is 6.17. The van der Waals surface area contributed by atoms with Gasteiger partial charge < -0.3 is 4.74 Å². The zero-order valence-corrected chi connectivity index (χ0v) is 8.19. The van der Waals surface area contributed by atoms with Crippen molar-refractivity contribution in [3.8, 4) is 5.75 Å². The highest BCUT2D eigenvalue weighted by Gasteiger charge is 2.00. The Hall–Kier alpha value is -0.470. The lowest BCUT2D eigenvalue weighted by atomic mass is 10.3. The van der Waals surface area contributed by atoms with Crippen LogP contribution in [0, 0.1) is 0 Å². The topological polar surface area (TPSA) is 22.1 Å². The number of hydrogen-bond acceptors (Lipinski definition) is 2. The lowest BCUT2D eigenvalue weighted by Crippen LogP contribution is -1.93. The number of pyridine rings is 1. The molecule has 0 aliphatic rings. The minimum absolute atomic E-state index is 0.376. The van der Waals surface area contributed by atoms with Gasteiger partial charge in [0.1, 0.15) is 5.75 Å². The maximum atomic E-state index is 5.62. The SMILES string of the molecule is COc1cc(CCl)nc(CCl)c1. The normalized spacial score (nSPS) is 9.92. The maximum absolute atomic E-state index is 5.62. The summed E-state index contributed by atoms with van der Waals surface area (Å²) in [5.74, 6) is 1.50. The average Bonchev–Trinajstić information content (AvgIpc) is 2.16. The van der Waals surface area contributed by atoms with Crippen molar-refractivity contribution in [1.29, 1.82) is 0 Å². The fourth-order valence-corrected chi connectivity index (χ4v) is 1.15. The zero-order chi connectivity index (χ0) is 8.97. The number of rotatable bonds is 3. The van der Waals surface area contributed by atoms with Gasteiger partial charge >= 0.3 is 0 Å².